The lowest BCUT2D eigenvalue weighted by Crippen LogP contribution is -2.18. The second kappa shape index (κ2) is 3.59. The van der Waals surface area contributed by atoms with Crippen LogP contribution in [0.15, 0.2) is 23.0 Å². The van der Waals surface area contributed by atoms with Crippen LogP contribution in [0, 0.1) is 0 Å². The number of imidazole rings is 1. The van der Waals surface area contributed by atoms with Crippen LogP contribution in [0.25, 0.3) is 11.0 Å². The van der Waals surface area contributed by atoms with E-state index < -0.39 is 0 Å². The lowest BCUT2D eigenvalue weighted by molar-refractivity contribution is 0.476. The predicted molar refractivity (Wildman–Crippen MR) is 65.0 cm³/mol. The van der Waals surface area contributed by atoms with Crippen LogP contribution < -0.4 is 5.69 Å². The number of thioether (sulfide) groups is 1. The summed E-state index contributed by atoms with van der Waals surface area (Å²) in [6, 6.07) is 5.00. The number of phenols is 1. The smallest absolute Gasteiger partial charge is 0.327 e. The van der Waals surface area contributed by atoms with Gasteiger partial charge in [-0.2, -0.15) is 0 Å². The highest BCUT2D eigenvalue weighted by Gasteiger charge is 2.21. The highest BCUT2D eigenvalue weighted by Crippen LogP contribution is 2.36. The first kappa shape index (κ1) is 9.84. The van der Waals surface area contributed by atoms with Crippen molar-refractivity contribution in [2.45, 2.75) is 18.2 Å². The Morgan fingerprint density at radius 3 is 3.12 bits per heavy atom. The van der Waals surface area contributed by atoms with Crippen LogP contribution >= 0.6 is 11.8 Å². The average Bonchev–Trinajstić information content (AvgIpc) is 2.83. The number of rotatable bonds is 1. The number of aromatic hydroxyl groups is 1. The van der Waals surface area contributed by atoms with E-state index >= 15 is 0 Å². The molecule has 1 aliphatic rings. The van der Waals surface area contributed by atoms with Gasteiger partial charge < -0.3 is 10.1 Å². The Bertz CT molecular complexity index is 581. The molecule has 0 saturated carbocycles. The number of aromatic amines is 1. The van der Waals surface area contributed by atoms with Crippen molar-refractivity contribution in [1.82, 2.24) is 9.55 Å². The summed E-state index contributed by atoms with van der Waals surface area (Å²) in [5.74, 6) is 1.29. The number of aromatic nitrogens is 2. The van der Waals surface area contributed by atoms with Gasteiger partial charge in [0.1, 0.15) is 5.75 Å². The van der Waals surface area contributed by atoms with E-state index in [1.807, 2.05) is 11.8 Å². The number of fused-ring (bicyclic) bond motifs is 1. The van der Waals surface area contributed by atoms with E-state index in [4.69, 9.17) is 0 Å². The molecule has 1 fully saturated rings. The molecule has 0 bridgehead atoms. The minimum absolute atomic E-state index is 0.0833. The van der Waals surface area contributed by atoms with Crippen LogP contribution in [-0.4, -0.2) is 20.4 Å². The maximum atomic E-state index is 11.8. The van der Waals surface area contributed by atoms with Crippen molar-refractivity contribution in [3.05, 3.63) is 28.7 Å². The molecule has 0 amide bonds. The molecule has 1 saturated heterocycles. The molecule has 0 aliphatic carbocycles. The average molecular weight is 236 g/mol. The molecule has 1 aromatic carbocycles. The first-order valence-corrected chi connectivity index (χ1v) is 6.35. The van der Waals surface area contributed by atoms with E-state index in [9.17, 15) is 9.90 Å². The molecule has 1 atom stereocenters. The van der Waals surface area contributed by atoms with Crippen molar-refractivity contribution >= 4 is 22.8 Å². The van der Waals surface area contributed by atoms with E-state index in [-0.39, 0.29) is 16.8 Å². The van der Waals surface area contributed by atoms with Gasteiger partial charge >= 0.3 is 5.69 Å². The lowest BCUT2D eigenvalue weighted by atomic mass is 10.3. The topological polar surface area (TPSA) is 58.0 Å². The number of phenolic OH excluding ortho intramolecular Hbond substituents is 1. The number of nitrogens with zero attached hydrogens (tertiary/aromatic N) is 1. The summed E-state index contributed by atoms with van der Waals surface area (Å²) in [6.45, 7) is 0. The van der Waals surface area contributed by atoms with Crippen molar-refractivity contribution in [1.29, 1.82) is 0 Å². The maximum Gasteiger partial charge on any atom is 0.327 e. The third kappa shape index (κ3) is 1.43. The molecule has 0 radical (unpaired) electrons. The predicted octanol–water partition coefficient (Wildman–Crippen LogP) is 2.06. The fourth-order valence-corrected chi connectivity index (χ4v) is 3.47. The number of benzene rings is 1. The molecular formula is C11H12N2O2S. The fourth-order valence-electron chi connectivity index (χ4n) is 2.17. The second-order valence-electron chi connectivity index (χ2n) is 3.97. The van der Waals surface area contributed by atoms with Crippen molar-refractivity contribution in [3.8, 4) is 5.75 Å². The van der Waals surface area contributed by atoms with E-state index in [2.05, 4.69) is 4.98 Å². The summed E-state index contributed by atoms with van der Waals surface area (Å²) >= 11 is 1.81. The lowest BCUT2D eigenvalue weighted by Gasteiger charge is -2.10. The van der Waals surface area contributed by atoms with Gasteiger partial charge in [0.2, 0.25) is 0 Å². The van der Waals surface area contributed by atoms with Crippen LogP contribution in [0.2, 0.25) is 0 Å². The van der Waals surface area contributed by atoms with Gasteiger partial charge in [-0.1, -0.05) is 0 Å². The molecule has 1 aliphatic heterocycles. The molecule has 1 aromatic heterocycles. The zero-order chi connectivity index (χ0) is 11.1. The second-order valence-corrected chi connectivity index (χ2v) is 5.26. The Balaban J connectivity index is 2.23. The van der Waals surface area contributed by atoms with Crippen LogP contribution in [0.5, 0.6) is 5.75 Å². The fraction of sp³-hybridized carbons (Fsp3) is 0.364. The van der Waals surface area contributed by atoms with Crippen molar-refractivity contribution in [3.63, 3.8) is 0 Å². The molecule has 0 spiro atoms. The third-order valence-corrected chi connectivity index (χ3v) is 4.25. The molecule has 4 nitrogen and oxygen atoms in total. The number of hydrogen-bond acceptors (Lipinski definition) is 3. The standard InChI is InChI=1S/C11H12N2O2S/c14-7-3-4-9-8(6-7)12-11(15)13(9)10-2-1-5-16-10/h3-4,6,10,14H,1-2,5H2,(H,12,15). The molecule has 1 unspecified atom stereocenters. The Morgan fingerprint density at radius 2 is 2.38 bits per heavy atom. The van der Waals surface area contributed by atoms with Crippen LogP contribution in [0.3, 0.4) is 0 Å². The first-order valence-electron chi connectivity index (χ1n) is 5.30. The van der Waals surface area contributed by atoms with Crippen molar-refractivity contribution < 1.29 is 5.11 Å². The summed E-state index contributed by atoms with van der Waals surface area (Å²) in [7, 11) is 0. The van der Waals surface area contributed by atoms with Gasteiger partial charge in [0.15, 0.2) is 0 Å². The normalized spacial score (nSPS) is 20.6. The van der Waals surface area contributed by atoms with Crippen LogP contribution in [0.1, 0.15) is 18.2 Å². The zero-order valence-corrected chi connectivity index (χ0v) is 9.46. The number of hydrogen-bond donors (Lipinski definition) is 2. The molecule has 3 rings (SSSR count). The molecule has 2 aromatic rings. The quantitative estimate of drug-likeness (QED) is 0.796. The zero-order valence-electron chi connectivity index (χ0n) is 8.64. The Hall–Kier alpha value is -1.36. The third-order valence-electron chi connectivity index (χ3n) is 2.89. The summed E-state index contributed by atoms with van der Waals surface area (Å²) in [4.78, 5) is 14.6. The highest BCUT2D eigenvalue weighted by atomic mass is 32.2. The minimum atomic E-state index is -0.0833. The van der Waals surface area contributed by atoms with E-state index in [0.717, 1.165) is 24.1 Å². The first-order chi connectivity index (χ1) is 7.75. The van der Waals surface area contributed by atoms with Gasteiger partial charge in [-0.05, 0) is 30.7 Å². The molecule has 84 valence electrons. The molecule has 2 heterocycles. The van der Waals surface area contributed by atoms with Crippen LogP contribution in [-0.2, 0) is 0 Å². The van der Waals surface area contributed by atoms with E-state index in [0.29, 0.717) is 5.52 Å². The Labute approximate surface area is 96.3 Å². The van der Waals surface area contributed by atoms with Gasteiger partial charge in [0.25, 0.3) is 0 Å². The van der Waals surface area contributed by atoms with Crippen molar-refractivity contribution in [2.75, 3.05) is 5.75 Å². The Kier molecular flexibility index (Phi) is 2.21. The molecule has 5 heteroatoms. The maximum absolute atomic E-state index is 11.8. The SMILES string of the molecule is O=c1[nH]c2cc(O)ccc2n1C1CCCS1. The van der Waals surface area contributed by atoms with Crippen molar-refractivity contribution in [2.24, 2.45) is 0 Å². The van der Waals surface area contributed by atoms with Gasteiger partial charge in [0.05, 0.1) is 16.4 Å². The number of nitrogens with one attached hydrogen (secondary N) is 1. The summed E-state index contributed by atoms with van der Waals surface area (Å²) in [6.07, 6.45) is 2.20. The molecular weight excluding hydrogens is 224 g/mol. The van der Waals surface area contributed by atoms with E-state index in [1.165, 1.54) is 0 Å². The largest absolute Gasteiger partial charge is 0.508 e. The van der Waals surface area contributed by atoms with Gasteiger partial charge in [0, 0.05) is 6.07 Å². The minimum Gasteiger partial charge on any atom is -0.508 e. The molecule has 16 heavy (non-hydrogen) atoms. The Morgan fingerprint density at radius 1 is 1.50 bits per heavy atom. The van der Waals surface area contributed by atoms with Gasteiger partial charge in [-0.15, -0.1) is 11.8 Å². The monoisotopic (exact) mass is 236 g/mol. The molecule has 2 N–H and O–H groups in total. The summed E-state index contributed by atoms with van der Waals surface area (Å²) in [5, 5.41) is 9.60. The highest BCUT2D eigenvalue weighted by molar-refractivity contribution is 7.99. The number of H-pyrrole nitrogens is 1. The summed E-state index contributed by atoms with van der Waals surface area (Å²) < 4.78 is 1.80. The van der Waals surface area contributed by atoms with Gasteiger partial charge in [-0.3, -0.25) is 4.57 Å². The van der Waals surface area contributed by atoms with E-state index in [1.54, 1.807) is 22.8 Å². The van der Waals surface area contributed by atoms with Crippen LogP contribution in [0.4, 0.5) is 0 Å². The van der Waals surface area contributed by atoms with Gasteiger partial charge in [-0.25, -0.2) is 4.79 Å². The summed E-state index contributed by atoms with van der Waals surface area (Å²) in [5.41, 5.74) is 1.50.